The molecule has 7 heteroatoms. The monoisotopic (exact) mass is 294 g/mol. The third-order valence-electron chi connectivity index (χ3n) is 2.78. The van der Waals surface area contributed by atoms with Gasteiger partial charge in [0.1, 0.15) is 22.5 Å². The molecule has 0 aromatic carbocycles. The van der Waals surface area contributed by atoms with Crippen LogP contribution >= 0.6 is 11.3 Å². The van der Waals surface area contributed by atoms with Gasteiger partial charge >= 0.3 is 0 Å². The fourth-order valence-corrected chi connectivity index (χ4v) is 2.55. The molecule has 0 aliphatic carbocycles. The van der Waals surface area contributed by atoms with Crippen LogP contribution < -0.4 is 11.1 Å². The molecule has 0 saturated carbocycles. The zero-order chi connectivity index (χ0) is 14.9. The van der Waals surface area contributed by atoms with Crippen molar-refractivity contribution >= 4 is 17.2 Å². The molecule has 0 bridgehead atoms. The minimum absolute atomic E-state index is 0.176. The number of nitrogens with two attached hydrogens (primary N) is 1. The summed E-state index contributed by atoms with van der Waals surface area (Å²) in [6, 6.07) is -0.176. The highest BCUT2D eigenvalue weighted by Gasteiger charge is 2.27. The van der Waals surface area contributed by atoms with E-state index in [-0.39, 0.29) is 11.9 Å². The van der Waals surface area contributed by atoms with Gasteiger partial charge in [0, 0.05) is 11.1 Å². The van der Waals surface area contributed by atoms with Crippen molar-refractivity contribution in [3.63, 3.8) is 0 Å². The minimum Gasteiger partial charge on any atom is -0.364 e. The molecule has 0 radical (unpaired) electrons. The number of amides is 1. The van der Waals surface area contributed by atoms with Crippen LogP contribution in [0.5, 0.6) is 0 Å². The van der Waals surface area contributed by atoms with E-state index in [4.69, 9.17) is 10.3 Å². The maximum atomic E-state index is 12.3. The normalized spacial score (nSPS) is 13.2. The van der Waals surface area contributed by atoms with Crippen molar-refractivity contribution in [3.8, 4) is 0 Å². The van der Waals surface area contributed by atoms with Crippen molar-refractivity contribution in [1.82, 2.24) is 15.5 Å². The van der Waals surface area contributed by atoms with Crippen LogP contribution in [-0.2, 0) is 5.54 Å². The third kappa shape index (κ3) is 3.05. The van der Waals surface area contributed by atoms with Crippen LogP contribution in [0.15, 0.2) is 17.0 Å². The van der Waals surface area contributed by atoms with E-state index in [1.54, 1.807) is 31.4 Å². The average Bonchev–Trinajstić information content (AvgIpc) is 2.95. The SMILES string of the molecule is Cc1cnc([C@H](C)NC(=O)c2conc2C(C)(C)N)s1. The summed E-state index contributed by atoms with van der Waals surface area (Å²) in [5.41, 5.74) is 6.04. The van der Waals surface area contributed by atoms with Crippen LogP contribution in [0.3, 0.4) is 0 Å². The molecule has 0 aliphatic heterocycles. The molecule has 108 valence electrons. The van der Waals surface area contributed by atoms with E-state index in [1.165, 1.54) is 6.26 Å². The van der Waals surface area contributed by atoms with Crippen LogP contribution in [0.1, 0.15) is 52.7 Å². The molecular weight excluding hydrogens is 276 g/mol. The molecule has 1 atom stereocenters. The Balaban J connectivity index is 2.15. The topological polar surface area (TPSA) is 94.0 Å². The molecule has 0 fully saturated rings. The molecule has 0 spiro atoms. The molecule has 0 saturated heterocycles. The first kappa shape index (κ1) is 14.7. The van der Waals surface area contributed by atoms with Crippen molar-refractivity contribution in [1.29, 1.82) is 0 Å². The van der Waals surface area contributed by atoms with Gasteiger partial charge in [-0.1, -0.05) is 5.16 Å². The van der Waals surface area contributed by atoms with Gasteiger partial charge in [0.05, 0.1) is 11.6 Å². The molecule has 2 heterocycles. The van der Waals surface area contributed by atoms with Gasteiger partial charge in [-0.05, 0) is 27.7 Å². The van der Waals surface area contributed by atoms with Gasteiger partial charge in [0.15, 0.2) is 0 Å². The van der Waals surface area contributed by atoms with Gasteiger partial charge < -0.3 is 15.6 Å². The van der Waals surface area contributed by atoms with Crippen LogP contribution in [0.25, 0.3) is 0 Å². The van der Waals surface area contributed by atoms with Crippen molar-refractivity contribution in [2.75, 3.05) is 0 Å². The number of nitrogens with one attached hydrogen (secondary N) is 1. The van der Waals surface area contributed by atoms with Crippen LogP contribution in [0.4, 0.5) is 0 Å². The summed E-state index contributed by atoms with van der Waals surface area (Å²) in [5, 5.41) is 7.56. The fraction of sp³-hybridized carbons (Fsp3) is 0.462. The maximum Gasteiger partial charge on any atom is 0.257 e. The van der Waals surface area contributed by atoms with E-state index in [9.17, 15) is 4.79 Å². The number of carbonyl (C=O) groups is 1. The second-order valence-corrected chi connectivity index (χ2v) is 6.57. The summed E-state index contributed by atoms with van der Waals surface area (Å²) in [7, 11) is 0. The fourth-order valence-electron chi connectivity index (χ4n) is 1.77. The Bertz CT molecular complexity index is 612. The van der Waals surface area contributed by atoms with E-state index in [1.807, 2.05) is 13.8 Å². The van der Waals surface area contributed by atoms with E-state index in [2.05, 4.69) is 15.5 Å². The van der Waals surface area contributed by atoms with Gasteiger partial charge in [-0.2, -0.15) is 0 Å². The van der Waals surface area contributed by atoms with Crippen LogP contribution in [0.2, 0.25) is 0 Å². The number of aromatic nitrogens is 2. The van der Waals surface area contributed by atoms with Gasteiger partial charge in [0.2, 0.25) is 0 Å². The summed E-state index contributed by atoms with van der Waals surface area (Å²) in [5.74, 6) is -0.264. The Morgan fingerprint density at radius 2 is 2.25 bits per heavy atom. The van der Waals surface area contributed by atoms with Crippen molar-refractivity contribution in [2.45, 2.75) is 39.3 Å². The number of carbonyl (C=O) groups excluding carboxylic acids is 1. The molecule has 2 aromatic heterocycles. The molecular formula is C13H18N4O2S. The summed E-state index contributed by atoms with van der Waals surface area (Å²) >= 11 is 1.56. The number of rotatable bonds is 4. The highest BCUT2D eigenvalue weighted by atomic mass is 32.1. The average molecular weight is 294 g/mol. The summed E-state index contributed by atoms with van der Waals surface area (Å²) in [6.07, 6.45) is 3.11. The first-order chi connectivity index (χ1) is 9.29. The largest absolute Gasteiger partial charge is 0.364 e. The molecule has 0 aliphatic rings. The Kier molecular flexibility index (Phi) is 3.92. The first-order valence-electron chi connectivity index (χ1n) is 6.26. The Morgan fingerprint density at radius 1 is 1.55 bits per heavy atom. The second-order valence-electron chi connectivity index (χ2n) is 5.30. The predicted molar refractivity (Wildman–Crippen MR) is 76.4 cm³/mol. The zero-order valence-corrected chi connectivity index (χ0v) is 12.7. The molecule has 3 N–H and O–H groups in total. The molecule has 6 nitrogen and oxygen atoms in total. The van der Waals surface area contributed by atoms with Gasteiger partial charge in [-0.15, -0.1) is 11.3 Å². The Morgan fingerprint density at radius 3 is 2.80 bits per heavy atom. The number of hydrogen-bond acceptors (Lipinski definition) is 6. The van der Waals surface area contributed by atoms with Crippen molar-refractivity contribution in [2.24, 2.45) is 5.73 Å². The summed E-state index contributed by atoms with van der Waals surface area (Å²) in [4.78, 5) is 17.6. The van der Waals surface area contributed by atoms with E-state index in [0.29, 0.717) is 11.3 Å². The Hall–Kier alpha value is -1.73. The van der Waals surface area contributed by atoms with Gasteiger partial charge in [0.25, 0.3) is 5.91 Å². The third-order valence-corrected chi connectivity index (χ3v) is 3.88. The lowest BCUT2D eigenvalue weighted by molar-refractivity contribution is 0.0937. The molecule has 0 unspecified atom stereocenters. The van der Waals surface area contributed by atoms with Gasteiger partial charge in [-0.3, -0.25) is 4.79 Å². The van der Waals surface area contributed by atoms with E-state index in [0.717, 1.165) is 9.88 Å². The second kappa shape index (κ2) is 5.34. The quantitative estimate of drug-likeness (QED) is 0.900. The molecule has 20 heavy (non-hydrogen) atoms. The zero-order valence-electron chi connectivity index (χ0n) is 11.9. The summed E-state index contributed by atoms with van der Waals surface area (Å²) < 4.78 is 4.88. The number of nitrogens with zero attached hydrogens (tertiary/aromatic N) is 2. The first-order valence-corrected chi connectivity index (χ1v) is 7.07. The van der Waals surface area contributed by atoms with Gasteiger partial charge in [-0.25, -0.2) is 4.98 Å². The number of aryl methyl sites for hydroxylation is 1. The molecule has 2 aromatic rings. The summed E-state index contributed by atoms with van der Waals surface area (Å²) in [6.45, 7) is 7.41. The predicted octanol–water partition coefficient (Wildman–Crippen LogP) is 2.12. The van der Waals surface area contributed by atoms with Crippen LogP contribution in [-0.4, -0.2) is 16.0 Å². The standard InChI is InChI=1S/C13H18N4O2S/c1-7-5-15-12(20-7)8(2)16-11(18)9-6-19-17-10(9)13(3,4)14/h5-6,8H,14H2,1-4H3,(H,16,18)/t8-/m0/s1. The van der Waals surface area contributed by atoms with Crippen LogP contribution in [0, 0.1) is 6.92 Å². The van der Waals surface area contributed by atoms with Crippen molar-refractivity contribution < 1.29 is 9.32 Å². The highest BCUT2D eigenvalue weighted by Crippen LogP contribution is 2.22. The van der Waals surface area contributed by atoms with E-state index >= 15 is 0 Å². The van der Waals surface area contributed by atoms with E-state index < -0.39 is 5.54 Å². The number of hydrogen-bond donors (Lipinski definition) is 2. The van der Waals surface area contributed by atoms with Crippen molar-refractivity contribution in [3.05, 3.63) is 33.6 Å². The maximum absolute atomic E-state index is 12.3. The smallest absolute Gasteiger partial charge is 0.257 e. The lowest BCUT2D eigenvalue weighted by Crippen LogP contribution is -2.34. The molecule has 2 rings (SSSR count). The minimum atomic E-state index is -0.735. The lowest BCUT2D eigenvalue weighted by atomic mass is 9.98. The highest BCUT2D eigenvalue weighted by molar-refractivity contribution is 7.11. The number of thiazole rings is 1. The Labute approximate surface area is 121 Å². The lowest BCUT2D eigenvalue weighted by Gasteiger charge is -2.17. The molecule has 1 amide bonds.